The molecule has 0 spiro atoms. The molecular weight excluding hydrogens is 1260 g/mol. The number of rotatable bonds is 77. The number of aliphatic hydroxyl groups excluding tert-OH is 1. The van der Waals surface area contributed by atoms with Gasteiger partial charge in [-0.25, -0.2) is 9.13 Å². The van der Waals surface area contributed by atoms with Gasteiger partial charge in [-0.2, -0.15) is 0 Å². The van der Waals surface area contributed by atoms with E-state index < -0.39 is 97.5 Å². The van der Waals surface area contributed by atoms with Gasteiger partial charge in [-0.1, -0.05) is 356 Å². The van der Waals surface area contributed by atoms with Crippen molar-refractivity contribution in [1.82, 2.24) is 0 Å². The third-order valence-corrected chi connectivity index (χ3v) is 20.3. The summed E-state index contributed by atoms with van der Waals surface area (Å²) in [6.07, 6.45) is 59.6. The summed E-state index contributed by atoms with van der Waals surface area (Å²) >= 11 is 0. The van der Waals surface area contributed by atoms with Crippen LogP contribution in [0.3, 0.4) is 0 Å². The zero-order chi connectivity index (χ0) is 70.5. The van der Waals surface area contributed by atoms with Crippen molar-refractivity contribution in [3.63, 3.8) is 0 Å². The molecule has 0 heterocycles. The Bertz CT molecular complexity index is 1840. The highest BCUT2D eigenvalue weighted by atomic mass is 31.2. The highest BCUT2D eigenvalue weighted by molar-refractivity contribution is 7.47. The van der Waals surface area contributed by atoms with Gasteiger partial charge in [0.15, 0.2) is 12.2 Å². The number of hydrogen-bond acceptors (Lipinski definition) is 15. The smallest absolute Gasteiger partial charge is 0.462 e. The Balaban J connectivity index is 5.16. The molecule has 0 saturated carbocycles. The molecule has 0 aliphatic heterocycles. The van der Waals surface area contributed by atoms with Crippen molar-refractivity contribution in [1.29, 1.82) is 0 Å². The lowest BCUT2D eigenvalue weighted by molar-refractivity contribution is -0.161. The molecule has 0 bridgehead atoms. The number of carbonyl (C=O) groups is 4. The van der Waals surface area contributed by atoms with E-state index in [0.29, 0.717) is 25.7 Å². The summed E-state index contributed by atoms with van der Waals surface area (Å²) in [5, 5.41) is 10.6. The fourth-order valence-electron chi connectivity index (χ4n) is 11.8. The van der Waals surface area contributed by atoms with Crippen LogP contribution in [0.5, 0.6) is 0 Å². The Labute approximate surface area is 588 Å². The van der Waals surface area contributed by atoms with Crippen molar-refractivity contribution in [2.45, 2.75) is 425 Å². The summed E-state index contributed by atoms with van der Waals surface area (Å²) in [6, 6.07) is 0. The molecule has 0 amide bonds. The molecule has 0 fully saturated rings. The van der Waals surface area contributed by atoms with Crippen LogP contribution in [0, 0.1) is 5.92 Å². The molecule has 17 nitrogen and oxygen atoms in total. The van der Waals surface area contributed by atoms with E-state index in [1.165, 1.54) is 225 Å². The Morgan fingerprint density at radius 3 is 0.740 bits per heavy atom. The maximum absolute atomic E-state index is 13.1. The second-order valence-electron chi connectivity index (χ2n) is 28.0. The van der Waals surface area contributed by atoms with E-state index in [1.807, 2.05) is 0 Å². The predicted molar refractivity (Wildman–Crippen MR) is 391 cm³/mol. The van der Waals surface area contributed by atoms with Gasteiger partial charge >= 0.3 is 39.5 Å². The van der Waals surface area contributed by atoms with Crippen LogP contribution in [-0.2, 0) is 65.4 Å². The molecule has 0 aliphatic carbocycles. The average molecular weight is 1410 g/mol. The standard InChI is InChI=1S/C77H150O17P2/c1-6-10-13-16-19-22-24-32-37-41-46-51-56-61-75(80)88-67-73(94-77(82)63-58-53-48-43-39-35-31-29-27-26-28-30-34-36-40-44-49-54-59-70(5)9-4)69-92-96(85,86)90-65-71(78)64-89-95(83,84)91-68-72(66-87-74(79)60-55-50-45-21-18-15-12-8-3)93-76(81)62-57-52-47-42-38-33-25-23-20-17-14-11-7-2/h70-73,78H,6-69H2,1-5H3,(H,83,84)(H,85,86)/t70?,71-,72+,73+/m0/s1. The summed E-state index contributed by atoms with van der Waals surface area (Å²) in [5.74, 6) is -1.24. The van der Waals surface area contributed by atoms with Crippen molar-refractivity contribution in [3.8, 4) is 0 Å². The van der Waals surface area contributed by atoms with E-state index in [2.05, 4.69) is 34.6 Å². The third kappa shape index (κ3) is 69.2. The van der Waals surface area contributed by atoms with Crippen molar-refractivity contribution in [2.24, 2.45) is 5.92 Å². The Morgan fingerprint density at radius 2 is 0.500 bits per heavy atom. The number of phosphoric ester groups is 2. The number of aliphatic hydroxyl groups is 1. The average Bonchev–Trinajstić information content (AvgIpc) is 2.06. The second-order valence-corrected chi connectivity index (χ2v) is 30.9. The zero-order valence-electron chi connectivity index (χ0n) is 62.5. The van der Waals surface area contributed by atoms with E-state index in [4.69, 9.17) is 37.0 Å². The molecule has 3 N–H and O–H groups in total. The molecule has 0 aliphatic rings. The van der Waals surface area contributed by atoms with Gasteiger partial charge in [0.25, 0.3) is 0 Å². The van der Waals surface area contributed by atoms with Crippen LogP contribution in [0.2, 0.25) is 0 Å². The number of unbranched alkanes of at least 4 members (excludes halogenated alkanes) is 48. The molecule has 6 atom stereocenters. The summed E-state index contributed by atoms with van der Waals surface area (Å²) in [5.41, 5.74) is 0. The highest BCUT2D eigenvalue weighted by Crippen LogP contribution is 2.45. The van der Waals surface area contributed by atoms with Crippen LogP contribution in [-0.4, -0.2) is 96.7 Å². The maximum atomic E-state index is 13.1. The lowest BCUT2D eigenvalue weighted by Gasteiger charge is -2.21. The lowest BCUT2D eigenvalue weighted by atomic mass is 9.99. The first-order valence-electron chi connectivity index (χ1n) is 40.2. The van der Waals surface area contributed by atoms with Crippen LogP contribution in [0.15, 0.2) is 0 Å². The lowest BCUT2D eigenvalue weighted by Crippen LogP contribution is -2.30. The van der Waals surface area contributed by atoms with Crippen LogP contribution in [0.4, 0.5) is 0 Å². The van der Waals surface area contributed by atoms with Gasteiger partial charge < -0.3 is 33.8 Å². The van der Waals surface area contributed by atoms with E-state index >= 15 is 0 Å². The van der Waals surface area contributed by atoms with Gasteiger partial charge in [0.05, 0.1) is 26.4 Å². The molecule has 96 heavy (non-hydrogen) atoms. The van der Waals surface area contributed by atoms with Crippen molar-refractivity contribution in [3.05, 3.63) is 0 Å². The quantitative estimate of drug-likeness (QED) is 0.0222. The number of esters is 4. The molecule has 0 saturated heterocycles. The molecule has 0 aromatic heterocycles. The molecular formula is C77H150O17P2. The summed E-state index contributed by atoms with van der Waals surface area (Å²) < 4.78 is 68.5. The minimum Gasteiger partial charge on any atom is -0.462 e. The van der Waals surface area contributed by atoms with Crippen LogP contribution in [0.25, 0.3) is 0 Å². The number of hydrogen-bond donors (Lipinski definition) is 3. The van der Waals surface area contributed by atoms with Crippen molar-refractivity contribution >= 4 is 39.5 Å². The van der Waals surface area contributed by atoms with Gasteiger partial charge in [-0.05, 0) is 31.6 Å². The summed E-state index contributed by atoms with van der Waals surface area (Å²) in [7, 11) is -9.91. The molecule has 0 aromatic carbocycles. The minimum atomic E-state index is -4.96. The summed E-state index contributed by atoms with van der Waals surface area (Å²) in [6.45, 7) is 7.34. The maximum Gasteiger partial charge on any atom is 0.472 e. The molecule has 0 rings (SSSR count). The summed E-state index contributed by atoms with van der Waals surface area (Å²) in [4.78, 5) is 72.7. The zero-order valence-corrected chi connectivity index (χ0v) is 64.3. The monoisotopic (exact) mass is 1410 g/mol. The normalized spacial score (nSPS) is 14.2. The van der Waals surface area contributed by atoms with E-state index in [9.17, 15) is 43.2 Å². The van der Waals surface area contributed by atoms with E-state index in [-0.39, 0.29) is 25.7 Å². The molecule has 0 radical (unpaired) electrons. The fourth-order valence-corrected chi connectivity index (χ4v) is 13.4. The molecule has 19 heteroatoms. The number of carbonyl (C=O) groups excluding carboxylic acids is 4. The SMILES string of the molecule is CCCCCCCCCCCCCCCC(=O)OC[C@H](COP(=O)(O)OC[C@@H](O)COP(=O)(O)OC[C@@H](COC(=O)CCCCCCCCCC)OC(=O)CCCCCCCCCCCCCCC)OC(=O)CCCCCCCCCCCCCCCCCCCCC(C)CC. The Kier molecular flexibility index (Phi) is 68.7. The van der Waals surface area contributed by atoms with Crippen LogP contribution >= 0.6 is 15.6 Å². The first-order valence-corrected chi connectivity index (χ1v) is 43.2. The van der Waals surface area contributed by atoms with Crippen molar-refractivity contribution < 1.29 is 80.2 Å². The molecule has 3 unspecified atom stereocenters. The molecule has 0 aromatic rings. The van der Waals surface area contributed by atoms with E-state index in [1.54, 1.807) is 0 Å². The Morgan fingerprint density at radius 1 is 0.292 bits per heavy atom. The second kappa shape index (κ2) is 70.1. The van der Waals surface area contributed by atoms with Crippen molar-refractivity contribution in [2.75, 3.05) is 39.6 Å². The first kappa shape index (κ1) is 94.1. The van der Waals surface area contributed by atoms with Crippen LogP contribution in [0.1, 0.15) is 407 Å². The van der Waals surface area contributed by atoms with Gasteiger partial charge in [-0.3, -0.25) is 37.3 Å². The predicted octanol–water partition coefficient (Wildman–Crippen LogP) is 22.9. The van der Waals surface area contributed by atoms with Gasteiger partial charge in [0.1, 0.15) is 19.3 Å². The first-order chi connectivity index (χ1) is 46.6. The van der Waals surface area contributed by atoms with Gasteiger partial charge in [-0.15, -0.1) is 0 Å². The topological polar surface area (TPSA) is 237 Å². The minimum absolute atomic E-state index is 0.108. The van der Waals surface area contributed by atoms with Crippen LogP contribution < -0.4 is 0 Å². The highest BCUT2D eigenvalue weighted by Gasteiger charge is 2.30. The Hall–Kier alpha value is -1.94. The van der Waals surface area contributed by atoms with E-state index in [0.717, 1.165) is 102 Å². The van der Waals surface area contributed by atoms with Gasteiger partial charge in [0.2, 0.25) is 0 Å². The molecule has 570 valence electrons. The third-order valence-electron chi connectivity index (χ3n) is 18.4. The fraction of sp³-hybridized carbons (Fsp3) is 0.948. The largest absolute Gasteiger partial charge is 0.472 e. The van der Waals surface area contributed by atoms with Gasteiger partial charge in [0, 0.05) is 25.7 Å². The number of ether oxygens (including phenoxy) is 4. The number of phosphoric acid groups is 2.